The van der Waals surface area contributed by atoms with Gasteiger partial charge in [-0.2, -0.15) is 0 Å². The van der Waals surface area contributed by atoms with E-state index in [-0.39, 0.29) is 0 Å². The summed E-state index contributed by atoms with van der Waals surface area (Å²) in [4.78, 5) is 9.05. The maximum Gasteiger partial charge on any atom is 0.143 e. The van der Waals surface area contributed by atoms with Gasteiger partial charge in [-0.1, -0.05) is 26.0 Å². The average molecular weight is 286 g/mol. The van der Waals surface area contributed by atoms with Crippen molar-refractivity contribution in [3.8, 4) is 5.75 Å². The smallest absolute Gasteiger partial charge is 0.143 e. The average Bonchev–Trinajstić information content (AvgIpc) is 2.46. The van der Waals surface area contributed by atoms with Crippen LogP contribution >= 0.6 is 0 Å². The van der Waals surface area contributed by atoms with E-state index in [1.807, 2.05) is 30.3 Å². The molecule has 1 aromatic heterocycles. The van der Waals surface area contributed by atoms with Gasteiger partial charge < -0.3 is 10.2 Å². The number of aromatic nitrogens is 2. The Morgan fingerprint density at radius 2 is 2.05 bits per heavy atom. The minimum Gasteiger partial charge on any atom is -0.497 e. The Labute approximate surface area is 125 Å². The Bertz CT molecular complexity index is 599. The summed E-state index contributed by atoms with van der Waals surface area (Å²) in [5.74, 6) is 8.28. The first-order chi connectivity index (χ1) is 10.1. The molecule has 0 radical (unpaired) electrons. The lowest BCUT2D eigenvalue weighted by atomic mass is 10.1. The number of nitrogens with zero attached hydrogens (tertiary/aromatic N) is 2. The molecule has 5 heteroatoms. The number of ether oxygens (including phenoxy) is 1. The minimum absolute atomic E-state index is 0.537. The summed E-state index contributed by atoms with van der Waals surface area (Å²) in [6, 6.07) is 9.82. The van der Waals surface area contributed by atoms with Crippen molar-refractivity contribution in [3.05, 3.63) is 47.4 Å². The first-order valence-corrected chi connectivity index (χ1v) is 7.07. The standard InChI is InChI=1S/C16H22N4O/c1-11(2)7-13-10-16(20-17)19-15(18-13)9-12-5-4-6-14(8-12)21-3/h4-6,8,10-11H,7,9,17H2,1-3H3,(H,18,19,20). The van der Waals surface area contributed by atoms with Crippen molar-refractivity contribution in [3.63, 3.8) is 0 Å². The van der Waals surface area contributed by atoms with Gasteiger partial charge in [-0.3, -0.25) is 0 Å². The van der Waals surface area contributed by atoms with E-state index in [1.54, 1.807) is 7.11 Å². The Balaban J connectivity index is 2.25. The molecule has 0 bridgehead atoms. The number of anilines is 1. The van der Waals surface area contributed by atoms with E-state index in [0.717, 1.165) is 29.3 Å². The second-order valence-electron chi connectivity index (χ2n) is 5.43. The molecular formula is C16H22N4O. The Hall–Kier alpha value is -2.14. The monoisotopic (exact) mass is 286 g/mol. The molecule has 1 heterocycles. The third kappa shape index (κ3) is 4.43. The van der Waals surface area contributed by atoms with Crippen molar-refractivity contribution >= 4 is 5.82 Å². The normalized spacial score (nSPS) is 10.7. The molecule has 0 spiro atoms. The summed E-state index contributed by atoms with van der Waals surface area (Å²) in [6.45, 7) is 4.33. The minimum atomic E-state index is 0.537. The zero-order valence-corrected chi connectivity index (χ0v) is 12.8. The van der Waals surface area contributed by atoms with E-state index >= 15 is 0 Å². The highest BCUT2D eigenvalue weighted by Crippen LogP contribution is 2.17. The van der Waals surface area contributed by atoms with Gasteiger partial charge in [-0.05, 0) is 30.0 Å². The Kier molecular flexibility index (Phi) is 5.11. The molecule has 0 fully saturated rings. The number of methoxy groups -OCH3 is 1. The molecule has 0 saturated carbocycles. The van der Waals surface area contributed by atoms with Crippen molar-refractivity contribution < 1.29 is 4.74 Å². The van der Waals surface area contributed by atoms with Gasteiger partial charge in [0.1, 0.15) is 17.4 Å². The van der Waals surface area contributed by atoms with Crippen molar-refractivity contribution in [2.45, 2.75) is 26.7 Å². The second kappa shape index (κ2) is 7.04. The number of benzene rings is 1. The largest absolute Gasteiger partial charge is 0.497 e. The second-order valence-corrected chi connectivity index (χ2v) is 5.43. The lowest BCUT2D eigenvalue weighted by Gasteiger charge is -2.10. The zero-order chi connectivity index (χ0) is 15.2. The van der Waals surface area contributed by atoms with Crippen LogP contribution in [0.4, 0.5) is 5.82 Å². The molecule has 0 aliphatic heterocycles. The first kappa shape index (κ1) is 15.3. The first-order valence-electron chi connectivity index (χ1n) is 7.07. The fourth-order valence-electron chi connectivity index (χ4n) is 2.19. The van der Waals surface area contributed by atoms with Crippen LogP contribution in [0.15, 0.2) is 30.3 Å². The lowest BCUT2D eigenvalue weighted by molar-refractivity contribution is 0.414. The zero-order valence-electron chi connectivity index (χ0n) is 12.8. The van der Waals surface area contributed by atoms with Crippen molar-refractivity contribution in [2.24, 2.45) is 11.8 Å². The Morgan fingerprint density at radius 1 is 1.24 bits per heavy atom. The van der Waals surface area contributed by atoms with Gasteiger partial charge in [-0.25, -0.2) is 15.8 Å². The molecule has 2 aromatic rings. The molecule has 1 aromatic carbocycles. The van der Waals surface area contributed by atoms with E-state index in [9.17, 15) is 0 Å². The number of hydrazine groups is 1. The summed E-state index contributed by atoms with van der Waals surface area (Å²) in [5, 5.41) is 0. The molecule has 0 saturated heterocycles. The molecule has 3 N–H and O–H groups in total. The molecular weight excluding hydrogens is 264 g/mol. The SMILES string of the molecule is COc1cccc(Cc2nc(CC(C)C)cc(NN)n2)c1. The molecule has 0 aliphatic rings. The molecule has 21 heavy (non-hydrogen) atoms. The molecule has 0 aliphatic carbocycles. The summed E-state index contributed by atoms with van der Waals surface area (Å²) in [5.41, 5.74) is 4.73. The summed E-state index contributed by atoms with van der Waals surface area (Å²) in [7, 11) is 1.66. The highest BCUT2D eigenvalue weighted by molar-refractivity contribution is 5.36. The van der Waals surface area contributed by atoms with Gasteiger partial charge in [0.05, 0.1) is 7.11 Å². The van der Waals surface area contributed by atoms with Gasteiger partial charge >= 0.3 is 0 Å². The predicted molar refractivity (Wildman–Crippen MR) is 84.2 cm³/mol. The quantitative estimate of drug-likeness (QED) is 0.630. The van der Waals surface area contributed by atoms with Gasteiger partial charge in [0, 0.05) is 18.2 Å². The van der Waals surface area contributed by atoms with Crippen molar-refractivity contribution in [2.75, 3.05) is 12.5 Å². The van der Waals surface area contributed by atoms with Crippen LogP contribution in [0.5, 0.6) is 5.75 Å². The summed E-state index contributed by atoms with van der Waals surface area (Å²) >= 11 is 0. The number of hydrogen-bond donors (Lipinski definition) is 2. The van der Waals surface area contributed by atoms with Crippen LogP contribution in [0, 0.1) is 5.92 Å². The van der Waals surface area contributed by atoms with Gasteiger partial charge in [0.15, 0.2) is 0 Å². The molecule has 5 nitrogen and oxygen atoms in total. The van der Waals surface area contributed by atoms with E-state index in [1.165, 1.54) is 0 Å². The van der Waals surface area contributed by atoms with E-state index < -0.39 is 0 Å². The topological polar surface area (TPSA) is 73.1 Å². The molecule has 0 amide bonds. The van der Waals surface area contributed by atoms with Crippen LogP contribution < -0.4 is 16.0 Å². The fourth-order valence-corrected chi connectivity index (χ4v) is 2.19. The molecule has 0 unspecified atom stereocenters. The van der Waals surface area contributed by atoms with Gasteiger partial charge in [-0.15, -0.1) is 0 Å². The highest BCUT2D eigenvalue weighted by atomic mass is 16.5. The van der Waals surface area contributed by atoms with Crippen LogP contribution in [0.2, 0.25) is 0 Å². The molecule has 112 valence electrons. The molecule has 2 rings (SSSR count). The lowest BCUT2D eigenvalue weighted by Crippen LogP contribution is -2.12. The van der Waals surface area contributed by atoms with Crippen LogP contribution in [-0.2, 0) is 12.8 Å². The van der Waals surface area contributed by atoms with Crippen LogP contribution in [-0.4, -0.2) is 17.1 Å². The number of hydrogen-bond acceptors (Lipinski definition) is 5. The van der Waals surface area contributed by atoms with Crippen molar-refractivity contribution in [1.29, 1.82) is 0 Å². The number of rotatable bonds is 6. The number of nitrogens with one attached hydrogen (secondary N) is 1. The van der Waals surface area contributed by atoms with Gasteiger partial charge in [0.2, 0.25) is 0 Å². The number of nitrogens with two attached hydrogens (primary N) is 1. The van der Waals surface area contributed by atoms with Crippen LogP contribution in [0.1, 0.15) is 30.9 Å². The number of nitrogen functional groups attached to an aromatic ring is 1. The van der Waals surface area contributed by atoms with Gasteiger partial charge in [0.25, 0.3) is 0 Å². The van der Waals surface area contributed by atoms with E-state index in [4.69, 9.17) is 10.6 Å². The fraction of sp³-hybridized carbons (Fsp3) is 0.375. The highest BCUT2D eigenvalue weighted by Gasteiger charge is 2.07. The van der Waals surface area contributed by atoms with Crippen molar-refractivity contribution in [1.82, 2.24) is 9.97 Å². The third-order valence-electron chi connectivity index (χ3n) is 3.09. The van der Waals surface area contributed by atoms with Crippen LogP contribution in [0.25, 0.3) is 0 Å². The third-order valence-corrected chi connectivity index (χ3v) is 3.09. The summed E-state index contributed by atoms with van der Waals surface area (Å²) < 4.78 is 5.24. The maximum absolute atomic E-state index is 5.50. The maximum atomic E-state index is 5.50. The molecule has 0 atom stereocenters. The predicted octanol–water partition coefficient (Wildman–Crippen LogP) is 2.56. The van der Waals surface area contributed by atoms with E-state index in [2.05, 4.69) is 29.2 Å². The summed E-state index contributed by atoms with van der Waals surface area (Å²) in [6.07, 6.45) is 1.56. The Morgan fingerprint density at radius 3 is 2.71 bits per heavy atom. The van der Waals surface area contributed by atoms with E-state index in [0.29, 0.717) is 18.2 Å². The van der Waals surface area contributed by atoms with Crippen LogP contribution in [0.3, 0.4) is 0 Å².